The minimum absolute atomic E-state index is 0.383. The Morgan fingerprint density at radius 1 is 1.36 bits per heavy atom. The molecule has 0 aliphatic rings. The van der Waals surface area contributed by atoms with Gasteiger partial charge in [0.2, 0.25) is 0 Å². The van der Waals surface area contributed by atoms with Crippen LogP contribution in [0.3, 0.4) is 0 Å². The van der Waals surface area contributed by atoms with E-state index in [0.717, 1.165) is 22.5 Å². The third kappa shape index (κ3) is 2.57. The Balaban J connectivity index is 2.07. The van der Waals surface area contributed by atoms with E-state index in [1.807, 2.05) is 41.8 Å². The standard InChI is InChI=1S/C16H16N2O3S/c1-3-8-21-13-9-14(22-15(13)16(19)20-2)18-10-17-11-6-4-5-7-12(11)18/h4-7,9-10H,3,8H2,1-2H3. The summed E-state index contributed by atoms with van der Waals surface area (Å²) in [5.74, 6) is 0.179. The second-order valence-electron chi connectivity index (χ2n) is 4.72. The summed E-state index contributed by atoms with van der Waals surface area (Å²) in [5.41, 5.74) is 1.90. The molecular weight excluding hydrogens is 300 g/mol. The molecule has 0 saturated carbocycles. The number of rotatable bonds is 5. The molecule has 3 aromatic rings. The molecular formula is C16H16N2O3S. The molecule has 22 heavy (non-hydrogen) atoms. The maximum atomic E-state index is 11.9. The molecule has 6 heteroatoms. The maximum absolute atomic E-state index is 11.9. The molecule has 0 bridgehead atoms. The highest BCUT2D eigenvalue weighted by Gasteiger charge is 2.20. The van der Waals surface area contributed by atoms with Crippen LogP contribution in [-0.4, -0.2) is 29.2 Å². The molecule has 0 radical (unpaired) electrons. The van der Waals surface area contributed by atoms with E-state index in [-0.39, 0.29) is 5.97 Å². The average Bonchev–Trinajstić information content (AvgIpc) is 3.15. The Kier molecular flexibility index (Phi) is 4.11. The van der Waals surface area contributed by atoms with E-state index in [1.54, 1.807) is 6.33 Å². The molecule has 114 valence electrons. The number of imidazole rings is 1. The zero-order chi connectivity index (χ0) is 15.5. The zero-order valence-electron chi connectivity index (χ0n) is 12.4. The largest absolute Gasteiger partial charge is 0.492 e. The number of carbonyl (C=O) groups is 1. The number of ether oxygens (including phenoxy) is 2. The van der Waals surface area contributed by atoms with Crippen LogP contribution in [0.25, 0.3) is 16.0 Å². The topological polar surface area (TPSA) is 53.4 Å². The summed E-state index contributed by atoms with van der Waals surface area (Å²) < 4.78 is 12.5. The van der Waals surface area contributed by atoms with Crippen LogP contribution in [0.4, 0.5) is 0 Å². The van der Waals surface area contributed by atoms with E-state index in [4.69, 9.17) is 9.47 Å². The van der Waals surface area contributed by atoms with Gasteiger partial charge in [-0.15, -0.1) is 11.3 Å². The van der Waals surface area contributed by atoms with Crippen LogP contribution >= 0.6 is 11.3 Å². The van der Waals surface area contributed by atoms with Crippen molar-refractivity contribution >= 4 is 28.3 Å². The van der Waals surface area contributed by atoms with Gasteiger partial charge in [0.25, 0.3) is 0 Å². The van der Waals surface area contributed by atoms with Gasteiger partial charge in [0.05, 0.1) is 24.8 Å². The number of hydrogen-bond donors (Lipinski definition) is 0. The number of hydrogen-bond acceptors (Lipinski definition) is 5. The summed E-state index contributed by atoms with van der Waals surface area (Å²) in [5, 5.41) is 0.875. The highest BCUT2D eigenvalue weighted by molar-refractivity contribution is 7.16. The van der Waals surface area contributed by atoms with Gasteiger partial charge in [-0.3, -0.25) is 4.57 Å². The normalized spacial score (nSPS) is 10.8. The first-order chi connectivity index (χ1) is 10.7. The Hall–Kier alpha value is -2.34. The average molecular weight is 316 g/mol. The lowest BCUT2D eigenvalue weighted by atomic mass is 10.3. The van der Waals surface area contributed by atoms with Gasteiger partial charge in [-0.05, 0) is 18.6 Å². The molecule has 0 unspecified atom stereocenters. The van der Waals surface area contributed by atoms with Gasteiger partial charge < -0.3 is 9.47 Å². The Labute approximate surface area is 132 Å². The SMILES string of the molecule is CCCOc1cc(-n2cnc3ccccc32)sc1C(=O)OC. The third-order valence-corrected chi connectivity index (χ3v) is 4.30. The number of thiophene rings is 1. The lowest BCUT2D eigenvalue weighted by Gasteiger charge is -2.03. The smallest absolute Gasteiger partial charge is 0.351 e. The summed E-state index contributed by atoms with van der Waals surface area (Å²) in [6.07, 6.45) is 2.63. The molecule has 0 aliphatic carbocycles. The number of fused-ring (bicyclic) bond motifs is 1. The number of para-hydroxylation sites is 2. The van der Waals surface area contributed by atoms with E-state index in [0.29, 0.717) is 17.2 Å². The van der Waals surface area contributed by atoms with Crippen molar-refractivity contribution in [1.29, 1.82) is 0 Å². The zero-order valence-corrected chi connectivity index (χ0v) is 13.2. The first kappa shape index (κ1) is 14.6. The molecule has 2 aromatic heterocycles. The number of esters is 1. The van der Waals surface area contributed by atoms with E-state index < -0.39 is 0 Å². The Bertz CT molecular complexity index is 807. The van der Waals surface area contributed by atoms with Crippen molar-refractivity contribution in [1.82, 2.24) is 9.55 Å². The van der Waals surface area contributed by atoms with Gasteiger partial charge >= 0.3 is 5.97 Å². The summed E-state index contributed by atoms with van der Waals surface area (Å²) in [6.45, 7) is 2.58. The first-order valence-electron chi connectivity index (χ1n) is 7.02. The van der Waals surface area contributed by atoms with Crippen LogP contribution in [0.15, 0.2) is 36.7 Å². The number of benzene rings is 1. The van der Waals surface area contributed by atoms with E-state index >= 15 is 0 Å². The predicted octanol–water partition coefficient (Wildman–Crippen LogP) is 3.66. The number of nitrogens with zero attached hydrogens (tertiary/aromatic N) is 2. The monoisotopic (exact) mass is 316 g/mol. The van der Waals surface area contributed by atoms with Crippen LogP contribution < -0.4 is 4.74 Å². The van der Waals surface area contributed by atoms with Gasteiger partial charge in [-0.1, -0.05) is 19.1 Å². The van der Waals surface area contributed by atoms with Crippen molar-refractivity contribution in [3.63, 3.8) is 0 Å². The first-order valence-corrected chi connectivity index (χ1v) is 7.83. The van der Waals surface area contributed by atoms with Crippen LogP contribution in [0.1, 0.15) is 23.0 Å². The molecule has 0 atom stereocenters. The fraction of sp³-hybridized carbons (Fsp3) is 0.250. The van der Waals surface area contributed by atoms with Crippen molar-refractivity contribution in [2.24, 2.45) is 0 Å². The van der Waals surface area contributed by atoms with Crippen LogP contribution in [0.2, 0.25) is 0 Å². The van der Waals surface area contributed by atoms with Crippen molar-refractivity contribution < 1.29 is 14.3 Å². The Morgan fingerprint density at radius 3 is 2.95 bits per heavy atom. The van der Waals surface area contributed by atoms with Crippen LogP contribution in [0, 0.1) is 0 Å². The number of carbonyl (C=O) groups excluding carboxylic acids is 1. The second-order valence-corrected chi connectivity index (χ2v) is 5.75. The summed E-state index contributed by atoms with van der Waals surface area (Å²) in [7, 11) is 1.37. The van der Waals surface area contributed by atoms with E-state index in [1.165, 1.54) is 18.4 Å². The molecule has 3 rings (SSSR count). The Morgan fingerprint density at radius 2 is 2.18 bits per heavy atom. The van der Waals surface area contributed by atoms with Crippen LogP contribution in [-0.2, 0) is 4.74 Å². The predicted molar refractivity (Wildman–Crippen MR) is 86.1 cm³/mol. The summed E-state index contributed by atoms with van der Waals surface area (Å²) >= 11 is 1.34. The maximum Gasteiger partial charge on any atom is 0.351 e. The second kappa shape index (κ2) is 6.19. The lowest BCUT2D eigenvalue weighted by Crippen LogP contribution is -2.02. The highest BCUT2D eigenvalue weighted by atomic mass is 32.1. The molecule has 0 N–H and O–H groups in total. The molecule has 0 amide bonds. The fourth-order valence-electron chi connectivity index (χ4n) is 2.17. The molecule has 0 aliphatic heterocycles. The van der Waals surface area contributed by atoms with Crippen LogP contribution in [0.5, 0.6) is 5.75 Å². The van der Waals surface area contributed by atoms with Crippen molar-refractivity contribution in [3.05, 3.63) is 41.5 Å². The molecule has 1 aromatic carbocycles. The van der Waals surface area contributed by atoms with E-state index in [2.05, 4.69) is 4.98 Å². The highest BCUT2D eigenvalue weighted by Crippen LogP contribution is 2.34. The minimum atomic E-state index is -0.383. The van der Waals surface area contributed by atoms with Gasteiger partial charge in [0.15, 0.2) is 4.88 Å². The van der Waals surface area contributed by atoms with Crippen molar-refractivity contribution in [3.8, 4) is 10.8 Å². The van der Waals surface area contributed by atoms with E-state index in [9.17, 15) is 4.79 Å². The molecule has 5 nitrogen and oxygen atoms in total. The summed E-state index contributed by atoms with van der Waals surface area (Å²) in [4.78, 5) is 16.8. The van der Waals surface area contributed by atoms with Crippen molar-refractivity contribution in [2.75, 3.05) is 13.7 Å². The minimum Gasteiger partial charge on any atom is -0.492 e. The molecule has 2 heterocycles. The third-order valence-electron chi connectivity index (χ3n) is 3.21. The lowest BCUT2D eigenvalue weighted by molar-refractivity contribution is 0.0602. The van der Waals surface area contributed by atoms with Gasteiger partial charge in [0.1, 0.15) is 17.1 Å². The van der Waals surface area contributed by atoms with Gasteiger partial charge in [-0.25, -0.2) is 9.78 Å². The molecule has 0 spiro atoms. The number of methoxy groups -OCH3 is 1. The molecule has 0 fully saturated rings. The summed E-state index contributed by atoms with van der Waals surface area (Å²) in [6, 6.07) is 9.72. The quantitative estimate of drug-likeness (QED) is 0.674. The fourth-order valence-corrected chi connectivity index (χ4v) is 3.17. The van der Waals surface area contributed by atoms with Crippen molar-refractivity contribution in [2.45, 2.75) is 13.3 Å². The molecule has 0 saturated heterocycles. The van der Waals surface area contributed by atoms with Gasteiger partial charge in [-0.2, -0.15) is 0 Å². The van der Waals surface area contributed by atoms with Gasteiger partial charge in [0, 0.05) is 6.07 Å². The number of aromatic nitrogens is 2.